The maximum atomic E-state index is 15.3. The van der Waals surface area contributed by atoms with Crippen LogP contribution in [0.1, 0.15) is 63.1 Å². The number of alkyl halides is 2. The van der Waals surface area contributed by atoms with E-state index in [4.69, 9.17) is 9.47 Å². The molecule has 9 heteroatoms. The zero-order valence-corrected chi connectivity index (χ0v) is 26.4. The van der Waals surface area contributed by atoms with Gasteiger partial charge in [0.25, 0.3) is 0 Å². The minimum Gasteiger partial charge on any atom is -0.489 e. The smallest absolute Gasteiger partial charge is 0.304 e. The van der Waals surface area contributed by atoms with Crippen LogP contribution in [0.3, 0.4) is 0 Å². The van der Waals surface area contributed by atoms with E-state index in [-0.39, 0.29) is 24.6 Å². The molecule has 0 radical (unpaired) electrons. The zero-order chi connectivity index (χ0) is 30.8. The lowest BCUT2D eigenvalue weighted by Crippen LogP contribution is -2.36. The summed E-state index contributed by atoms with van der Waals surface area (Å²) in [6.45, 7) is 11.6. The molecule has 4 rings (SSSR count). The SMILES string of the molecule is COc1cc(-c2ccc(COc3cccc(C(C4CC4)C(F)(F)P(C)(C)=O)c3)cc2CN(C(C)C)C(C)C)c(F)cn1. The van der Waals surface area contributed by atoms with E-state index in [1.54, 1.807) is 30.3 Å². The van der Waals surface area contributed by atoms with Crippen LogP contribution in [-0.2, 0) is 17.7 Å². The molecule has 0 saturated heterocycles. The first-order valence-corrected chi connectivity index (χ1v) is 17.1. The van der Waals surface area contributed by atoms with E-state index in [0.717, 1.165) is 30.0 Å². The number of hydrogen-bond donors (Lipinski definition) is 0. The summed E-state index contributed by atoms with van der Waals surface area (Å²) in [4.78, 5) is 6.30. The molecule has 1 aliphatic rings. The van der Waals surface area contributed by atoms with Crippen molar-refractivity contribution in [3.05, 3.63) is 77.2 Å². The van der Waals surface area contributed by atoms with E-state index in [9.17, 15) is 8.96 Å². The molecule has 0 N–H and O–H groups in total. The fraction of sp³-hybridized carbons (Fsp3) is 0.485. The average Bonchev–Trinajstić information content (AvgIpc) is 3.75. The highest BCUT2D eigenvalue weighted by molar-refractivity contribution is 7.63. The number of hydrogen-bond acceptors (Lipinski definition) is 5. The second-order valence-corrected chi connectivity index (χ2v) is 15.5. The van der Waals surface area contributed by atoms with Crippen molar-refractivity contribution in [1.82, 2.24) is 9.88 Å². The Balaban J connectivity index is 1.64. The number of aromatic nitrogens is 1. The molecule has 0 amide bonds. The van der Waals surface area contributed by atoms with Gasteiger partial charge < -0.3 is 14.0 Å². The third-order valence-corrected chi connectivity index (χ3v) is 9.70. The molecule has 1 unspecified atom stereocenters. The average molecular weight is 603 g/mol. The molecule has 5 nitrogen and oxygen atoms in total. The monoisotopic (exact) mass is 602 g/mol. The highest BCUT2D eigenvalue weighted by Gasteiger charge is 2.55. The van der Waals surface area contributed by atoms with Crippen molar-refractivity contribution in [2.24, 2.45) is 5.92 Å². The lowest BCUT2D eigenvalue weighted by atomic mass is 9.94. The summed E-state index contributed by atoms with van der Waals surface area (Å²) >= 11 is 0. The predicted octanol–water partition coefficient (Wildman–Crippen LogP) is 8.80. The molecule has 1 aliphatic carbocycles. The molecular weight excluding hydrogens is 560 g/mol. The molecule has 2 aromatic carbocycles. The van der Waals surface area contributed by atoms with Crippen LogP contribution in [-0.4, -0.2) is 48.1 Å². The van der Waals surface area contributed by atoms with Crippen LogP contribution in [0, 0.1) is 11.7 Å². The Morgan fingerprint density at radius 3 is 2.31 bits per heavy atom. The van der Waals surface area contributed by atoms with Gasteiger partial charge in [-0.2, -0.15) is 8.78 Å². The van der Waals surface area contributed by atoms with Crippen LogP contribution in [0.15, 0.2) is 54.7 Å². The van der Waals surface area contributed by atoms with Crippen molar-refractivity contribution < 1.29 is 27.2 Å². The van der Waals surface area contributed by atoms with Gasteiger partial charge in [-0.05, 0) is 94.2 Å². The van der Waals surface area contributed by atoms with Gasteiger partial charge in [0.2, 0.25) is 5.88 Å². The summed E-state index contributed by atoms with van der Waals surface area (Å²) in [5.41, 5.74) is 0.0926. The molecular formula is C33H42F3N2O3P. The van der Waals surface area contributed by atoms with Gasteiger partial charge in [0, 0.05) is 30.3 Å². The quantitative estimate of drug-likeness (QED) is 0.183. The fourth-order valence-corrected chi connectivity index (χ4v) is 6.54. The lowest BCUT2D eigenvalue weighted by Gasteiger charge is -2.31. The Morgan fingerprint density at radius 2 is 1.71 bits per heavy atom. The van der Waals surface area contributed by atoms with Crippen LogP contribution in [0.5, 0.6) is 11.6 Å². The molecule has 1 saturated carbocycles. The van der Waals surface area contributed by atoms with Gasteiger partial charge in [0.15, 0.2) is 0 Å². The second-order valence-electron chi connectivity index (χ2n) is 12.2. The summed E-state index contributed by atoms with van der Waals surface area (Å²) in [6.07, 6.45) is 2.57. The van der Waals surface area contributed by atoms with Crippen molar-refractivity contribution in [2.45, 2.75) is 77.4 Å². The van der Waals surface area contributed by atoms with E-state index in [1.165, 1.54) is 13.3 Å². The van der Waals surface area contributed by atoms with E-state index in [1.807, 2.05) is 18.2 Å². The van der Waals surface area contributed by atoms with Crippen molar-refractivity contribution in [2.75, 3.05) is 20.4 Å². The maximum absolute atomic E-state index is 15.3. The van der Waals surface area contributed by atoms with E-state index in [2.05, 4.69) is 37.6 Å². The van der Waals surface area contributed by atoms with Gasteiger partial charge in [-0.15, -0.1) is 0 Å². The summed E-state index contributed by atoms with van der Waals surface area (Å²) < 4.78 is 69.5. The number of pyridine rings is 1. The first-order valence-electron chi connectivity index (χ1n) is 14.5. The van der Waals surface area contributed by atoms with Crippen LogP contribution < -0.4 is 9.47 Å². The third-order valence-electron chi connectivity index (χ3n) is 7.99. The number of methoxy groups -OCH3 is 1. The minimum absolute atomic E-state index is 0.185. The van der Waals surface area contributed by atoms with Crippen LogP contribution >= 0.6 is 7.14 Å². The van der Waals surface area contributed by atoms with Gasteiger partial charge >= 0.3 is 5.66 Å². The Morgan fingerprint density at radius 1 is 1.02 bits per heavy atom. The topological polar surface area (TPSA) is 51.7 Å². The number of rotatable bonds is 13. The Bertz CT molecular complexity index is 1430. The van der Waals surface area contributed by atoms with Crippen LogP contribution in [0.25, 0.3) is 11.1 Å². The molecule has 0 bridgehead atoms. The molecule has 1 aromatic heterocycles. The van der Waals surface area contributed by atoms with Gasteiger partial charge in [-0.1, -0.05) is 30.3 Å². The van der Waals surface area contributed by atoms with Gasteiger partial charge in [0.05, 0.1) is 19.2 Å². The Labute approximate surface area is 247 Å². The summed E-state index contributed by atoms with van der Waals surface area (Å²) in [6, 6.07) is 14.7. The lowest BCUT2D eigenvalue weighted by molar-refractivity contribution is 0.0500. The van der Waals surface area contributed by atoms with Crippen molar-refractivity contribution in [3.8, 4) is 22.8 Å². The number of ether oxygens (including phenoxy) is 2. The number of nitrogens with zero attached hydrogens (tertiary/aromatic N) is 2. The van der Waals surface area contributed by atoms with Gasteiger partial charge in [-0.25, -0.2) is 9.37 Å². The first kappa shape index (κ1) is 32.1. The minimum atomic E-state index is -3.67. The molecule has 0 spiro atoms. The van der Waals surface area contributed by atoms with E-state index in [0.29, 0.717) is 42.1 Å². The molecule has 3 aromatic rings. The van der Waals surface area contributed by atoms with Crippen molar-refractivity contribution in [1.29, 1.82) is 0 Å². The van der Waals surface area contributed by atoms with Gasteiger partial charge in [-0.3, -0.25) is 4.90 Å². The van der Waals surface area contributed by atoms with E-state index >= 15 is 8.78 Å². The molecule has 0 aliphatic heterocycles. The van der Waals surface area contributed by atoms with Crippen LogP contribution in [0.4, 0.5) is 13.2 Å². The molecule has 1 atom stereocenters. The summed E-state index contributed by atoms with van der Waals surface area (Å²) in [7, 11) is -2.17. The fourth-order valence-electron chi connectivity index (χ4n) is 5.51. The molecule has 228 valence electrons. The normalized spacial score (nSPS) is 15.0. The summed E-state index contributed by atoms with van der Waals surface area (Å²) in [5, 5.41) is 0. The Hall–Kier alpha value is -2.83. The standard InChI is InChI=1S/C33H42F3N2O3P/c1-21(2)38(22(3)4)19-26-15-23(11-14-28(26)29-17-31(40-5)37-18-30(29)34)20-41-27-10-8-9-25(16-27)32(24-12-13-24)33(35,36)42(6,7)39/h8-11,14-18,21-22,24,32H,12-13,19-20H2,1-7H3. The predicted molar refractivity (Wildman–Crippen MR) is 163 cm³/mol. The van der Waals surface area contributed by atoms with Crippen molar-refractivity contribution >= 4 is 7.14 Å². The number of halogens is 3. The van der Waals surface area contributed by atoms with Crippen molar-refractivity contribution in [3.63, 3.8) is 0 Å². The van der Waals surface area contributed by atoms with E-state index < -0.39 is 24.5 Å². The Kier molecular flexibility index (Phi) is 9.79. The highest BCUT2D eigenvalue weighted by Crippen LogP contribution is 2.65. The third kappa shape index (κ3) is 7.20. The number of benzene rings is 2. The largest absolute Gasteiger partial charge is 0.489 e. The summed E-state index contributed by atoms with van der Waals surface area (Å²) in [5.74, 6) is -0.928. The molecule has 1 heterocycles. The van der Waals surface area contributed by atoms with Gasteiger partial charge in [0.1, 0.15) is 25.3 Å². The van der Waals surface area contributed by atoms with Crippen LogP contribution in [0.2, 0.25) is 0 Å². The second kappa shape index (κ2) is 12.8. The zero-order valence-electron chi connectivity index (χ0n) is 25.5. The molecule has 1 fully saturated rings. The molecule has 42 heavy (non-hydrogen) atoms. The maximum Gasteiger partial charge on any atom is 0.304 e. The highest BCUT2D eigenvalue weighted by atomic mass is 31.2. The first-order chi connectivity index (χ1) is 19.7.